The number of ether oxygens (including phenoxy) is 1. The van der Waals surface area contributed by atoms with E-state index in [2.05, 4.69) is 36.5 Å². The molecular weight excluding hydrogens is 238 g/mol. The van der Waals surface area contributed by atoms with Crippen molar-refractivity contribution in [1.82, 2.24) is 5.32 Å². The topological polar surface area (TPSA) is 38.3 Å². The highest BCUT2D eigenvalue weighted by Gasteiger charge is 2.14. The second kappa shape index (κ2) is 7.29. The summed E-state index contributed by atoms with van der Waals surface area (Å²) in [5.41, 5.74) is 2.40. The Morgan fingerprint density at radius 3 is 2.63 bits per heavy atom. The summed E-state index contributed by atoms with van der Waals surface area (Å²) in [4.78, 5) is 11.8. The van der Waals surface area contributed by atoms with E-state index < -0.39 is 0 Å². The molecule has 0 bridgehead atoms. The first-order valence-corrected chi connectivity index (χ1v) is 7.14. The van der Waals surface area contributed by atoms with Gasteiger partial charge in [-0.15, -0.1) is 0 Å². The number of hydrogen-bond acceptors (Lipinski definition) is 2. The Hall–Kier alpha value is -1.35. The number of rotatable bonds is 5. The minimum Gasteiger partial charge on any atom is -0.381 e. The average molecular weight is 261 g/mol. The first-order valence-electron chi connectivity index (χ1n) is 7.14. The van der Waals surface area contributed by atoms with Gasteiger partial charge in [0.25, 0.3) is 0 Å². The van der Waals surface area contributed by atoms with E-state index in [9.17, 15) is 4.79 Å². The Morgan fingerprint density at radius 1 is 1.26 bits per heavy atom. The SMILES string of the molecule is Cc1ccc(CNC(=O)CCC2CCOCC2)cc1. The molecular formula is C16H23NO2. The third-order valence-corrected chi connectivity index (χ3v) is 3.73. The van der Waals surface area contributed by atoms with Crippen LogP contribution in [0.4, 0.5) is 0 Å². The first kappa shape index (κ1) is 14.1. The maximum atomic E-state index is 11.8. The van der Waals surface area contributed by atoms with E-state index in [1.54, 1.807) is 0 Å². The summed E-state index contributed by atoms with van der Waals surface area (Å²) < 4.78 is 5.32. The Bertz CT molecular complexity index is 394. The van der Waals surface area contributed by atoms with Crippen molar-refractivity contribution in [2.45, 2.75) is 39.2 Å². The van der Waals surface area contributed by atoms with Gasteiger partial charge in [-0.2, -0.15) is 0 Å². The summed E-state index contributed by atoms with van der Waals surface area (Å²) in [5.74, 6) is 0.825. The number of carbonyl (C=O) groups excluding carboxylic acids is 1. The fourth-order valence-electron chi connectivity index (χ4n) is 2.37. The molecule has 3 heteroatoms. The number of nitrogens with one attached hydrogen (secondary N) is 1. The standard InChI is InChI=1S/C16H23NO2/c1-13-2-4-15(5-3-13)12-17-16(18)7-6-14-8-10-19-11-9-14/h2-5,14H,6-12H2,1H3,(H,17,18). The molecule has 0 aromatic heterocycles. The third kappa shape index (κ3) is 5.03. The molecule has 1 amide bonds. The number of amides is 1. The zero-order valence-electron chi connectivity index (χ0n) is 11.7. The molecule has 0 spiro atoms. The fraction of sp³-hybridized carbons (Fsp3) is 0.562. The number of aryl methyl sites for hydroxylation is 1. The molecule has 3 nitrogen and oxygen atoms in total. The van der Waals surface area contributed by atoms with Gasteiger partial charge in [-0.1, -0.05) is 29.8 Å². The van der Waals surface area contributed by atoms with Crippen molar-refractivity contribution in [3.8, 4) is 0 Å². The van der Waals surface area contributed by atoms with Crippen LogP contribution in [-0.2, 0) is 16.1 Å². The lowest BCUT2D eigenvalue weighted by Crippen LogP contribution is -2.24. The van der Waals surface area contributed by atoms with Gasteiger partial charge in [-0.3, -0.25) is 4.79 Å². The summed E-state index contributed by atoms with van der Waals surface area (Å²) in [6, 6.07) is 8.27. The van der Waals surface area contributed by atoms with Crippen LogP contribution < -0.4 is 5.32 Å². The Morgan fingerprint density at radius 2 is 1.95 bits per heavy atom. The van der Waals surface area contributed by atoms with Crippen molar-refractivity contribution < 1.29 is 9.53 Å². The second-order valence-electron chi connectivity index (χ2n) is 5.36. The average Bonchev–Trinajstić information content (AvgIpc) is 2.45. The monoisotopic (exact) mass is 261 g/mol. The van der Waals surface area contributed by atoms with Crippen LogP contribution in [0.15, 0.2) is 24.3 Å². The molecule has 0 atom stereocenters. The largest absolute Gasteiger partial charge is 0.381 e. The van der Waals surface area contributed by atoms with Gasteiger partial charge in [0.2, 0.25) is 5.91 Å². The van der Waals surface area contributed by atoms with Crippen LogP contribution in [0.25, 0.3) is 0 Å². The normalized spacial score (nSPS) is 16.3. The van der Waals surface area contributed by atoms with Crippen LogP contribution in [0.1, 0.15) is 36.8 Å². The Kier molecular flexibility index (Phi) is 5.40. The van der Waals surface area contributed by atoms with Crippen molar-refractivity contribution in [3.05, 3.63) is 35.4 Å². The molecule has 19 heavy (non-hydrogen) atoms. The molecule has 1 aromatic carbocycles. The molecule has 0 aliphatic carbocycles. The zero-order valence-corrected chi connectivity index (χ0v) is 11.7. The lowest BCUT2D eigenvalue weighted by molar-refractivity contribution is -0.121. The van der Waals surface area contributed by atoms with Crippen LogP contribution in [0, 0.1) is 12.8 Å². The Balaban J connectivity index is 1.65. The van der Waals surface area contributed by atoms with Crippen molar-refractivity contribution in [2.24, 2.45) is 5.92 Å². The molecule has 1 aliphatic heterocycles. The number of hydrogen-bond donors (Lipinski definition) is 1. The maximum absolute atomic E-state index is 11.8. The second-order valence-corrected chi connectivity index (χ2v) is 5.36. The van der Waals surface area contributed by atoms with E-state index in [0.717, 1.165) is 38.0 Å². The molecule has 0 unspecified atom stereocenters. The van der Waals surface area contributed by atoms with E-state index in [4.69, 9.17) is 4.74 Å². The van der Waals surface area contributed by atoms with E-state index in [1.807, 2.05) is 0 Å². The molecule has 0 saturated carbocycles. The van der Waals surface area contributed by atoms with Gasteiger partial charge in [-0.05, 0) is 37.7 Å². The van der Waals surface area contributed by atoms with Crippen LogP contribution in [0.5, 0.6) is 0 Å². The number of benzene rings is 1. The van der Waals surface area contributed by atoms with Gasteiger partial charge < -0.3 is 10.1 Å². The Labute approximate surface area is 115 Å². The van der Waals surface area contributed by atoms with Crippen LogP contribution in [0.3, 0.4) is 0 Å². The zero-order chi connectivity index (χ0) is 13.5. The van der Waals surface area contributed by atoms with Gasteiger partial charge in [0.15, 0.2) is 0 Å². The van der Waals surface area contributed by atoms with Crippen molar-refractivity contribution in [1.29, 1.82) is 0 Å². The molecule has 2 rings (SSSR count). The summed E-state index contributed by atoms with van der Waals surface area (Å²) in [6.45, 7) is 4.41. The highest BCUT2D eigenvalue weighted by molar-refractivity contribution is 5.75. The van der Waals surface area contributed by atoms with Crippen LogP contribution in [-0.4, -0.2) is 19.1 Å². The first-order chi connectivity index (χ1) is 9.24. The predicted octanol–water partition coefficient (Wildman–Crippen LogP) is 2.82. The van der Waals surface area contributed by atoms with E-state index in [0.29, 0.717) is 18.9 Å². The molecule has 1 fully saturated rings. The van der Waals surface area contributed by atoms with E-state index in [-0.39, 0.29) is 5.91 Å². The molecule has 1 aromatic rings. The van der Waals surface area contributed by atoms with Crippen molar-refractivity contribution >= 4 is 5.91 Å². The number of carbonyl (C=O) groups is 1. The van der Waals surface area contributed by atoms with E-state index in [1.165, 1.54) is 5.56 Å². The molecule has 1 heterocycles. The quantitative estimate of drug-likeness (QED) is 0.885. The minimum atomic E-state index is 0.159. The maximum Gasteiger partial charge on any atom is 0.220 e. The fourth-order valence-corrected chi connectivity index (χ4v) is 2.37. The van der Waals surface area contributed by atoms with Gasteiger partial charge in [-0.25, -0.2) is 0 Å². The molecule has 0 radical (unpaired) electrons. The van der Waals surface area contributed by atoms with Gasteiger partial charge in [0.05, 0.1) is 0 Å². The minimum absolute atomic E-state index is 0.159. The van der Waals surface area contributed by atoms with Gasteiger partial charge in [0.1, 0.15) is 0 Å². The molecule has 1 aliphatic rings. The van der Waals surface area contributed by atoms with Crippen LogP contribution >= 0.6 is 0 Å². The van der Waals surface area contributed by atoms with Crippen LogP contribution in [0.2, 0.25) is 0 Å². The van der Waals surface area contributed by atoms with Gasteiger partial charge in [0, 0.05) is 26.2 Å². The lowest BCUT2D eigenvalue weighted by atomic mass is 9.95. The highest BCUT2D eigenvalue weighted by atomic mass is 16.5. The summed E-state index contributed by atoms with van der Waals surface area (Å²) in [7, 11) is 0. The van der Waals surface area contributed by atoms with Crippen molar-refractivity contribution in [2.75, 3.05) is 13.2 Å². The molecule has 1 saturated heterocycles. The summed E-state index contributed by atoms with van der Waals surface area (Å²) in [5, 5.41) is 2.99. The highest BCUT2D eigenvalue weighted by Crippen LogP contribution is 2.19. The van der Waals surface area contributed by atoms with E-state index >= 15 is 0 Å². The smallest absolute Gasteiger partial charge is 0.220 e. The molecule has 1 N–H and O–H groups in total. The van der Waals surface area contributed by atoms with Gasteiger partial charge >= 0.3 is 0 Å². The lowest BCUT2D eigenvalue weighted by Gasteiger charge is -2.21. The summed E-state index contributed by atoms with van der Waals surface area (Å²) in [6.07, 6.45) is 3.83. The van der Waals surface area contributed by atoms with Crippen molar-refractivity contribution in [3.63, 3.8) is 0 Å². The molecule has 104 valence electrons. The predicted molar refractivity (Wildman–Crippen MR) is 75.8 cm³/mol. The summed E-state index contributed by atoms with van der Waals surface area (Å²) >= 11 is 0. The third-order valence-electron chi connectivity index (χ3n) is 3.73.